The van der Waals surface area contributed by atoms with Crippen LogP contribution in [-0.4, -0.2) is 36.5 Å². The molecule has 137 heavy (non-hydrogen) atoms. The van der Waals surface area contributed by atoms with E-state index in [1.165, 1.54) is 204 Å². The van der Waals surface area contributed by atoms with Gasteiger partial charge in [0, 0.05) is 120 Å². The summed E-state index contributed by atoms with van der Waals surface area (Å²) in [4.78, 5) is 0. The van der Waals surface area contributed by atoms with Crippen LogP contribution in [0.3, 0.4) is 0 Å². The molecule has 0 unspecified atom stereocenters. The van der Waals surface area contributed by atoms with E-state index in [0.717, 1.165) is 61.1 Å². The largest absolute Gasteiger partial charge is 0.309 e. The maximum absolute atomic E-state index is 14.5. The molecular formula is C127H82F2N8. The van der Waals surface area contributed by atoms with Crippen molar-refractivity contribution in [3.05, 3.63) is 484 Å². The Morgan fingerprint density at radius 3 is 0.803 bits per heavy atom. The van der Waals surface area contributed by atoms with Gasteiger partial charge in [0.25, 0.3) is 0 Å². The molecule has 8 nitrogen and oxygen atoms in total. The number of para-hydroxylation sites is 11. The minimum Gasteiger partial charge on any atom is -0.309 e. The highest BCUT2D eigenvalue weighted by atomic mass is 19.1. The summed E-state index contributed by atoms with van der Waals surface area (Å²) in [5.41, 5.74) is 32.4. The summed E-state index contributed by atoms with van der Waals surface area (Å²) in [5, 5.41) is 21.9. The van der Waals surface area contributed by atoms with Crippen LogP contribution in [0.15, 0.2) is 461 Å². The van der Waals surface area contributed by atoms with Gasteiger partial charge in [-0.05, 0) is 209 Å². The van der Waals surface area contributed by atoms with Crippen molar-refractivity contribution in [2.75, 3.05) is 0 Å². The quantitative estimate of drug-likeness (QED) is 0.145. The van der Waals surface area contributed by atoms with Crippen LogP contribution in [0.4, 0.5) is 8.78 Å². The Morgan fingerprint density at radius 1 is 0.161 bits per heavy atom. The molecular weight excluding hydrogens is 1680 g/mol. The molecule has 0 N–H and O–H groups in total. The Balaban J connectivity index is 0.000000102. The van der Waals surface area contributed by atoms with Crippen molar-refractivity contribution >= 4 is 185 Å². The van der Waals surface area contributed by atoms with E-state index in [0.29, 0.717) is 5.69 Å². The molecule has 0 atom stereocenters. The summed E-state index contributed by atoms with van der Waals surface area (Å²) in [6, 6.07) is 164. The third-order valence-corrected chi connectivity index (χ3v) is 29.2. The number of rotatable bonds is 8. The van der Waals surface area contributed by atoms with E-state index in [4.69, 9.17) is 0 Å². The number of benzene rings is 21. The van der Waals surface area contributed by atoms with Crippen LogP contribution in [-0.2, 0) is 5.41 Å². The Kier molecular flexibility index (Phi) is 17.1. The summed E-state index contributed by atoms with van der Waals surface area (Å²) < 4.78 is 47.9. The minimum atomic E-state index is -0.608. The number of hydrogen-bond acceptors (Lipinski definition) is 0. The number of fused-ring (bicyclic) bond motifs is 28. The molecule has 0 spiro atoms. The standard InChI is InChI=1S/C46H29N3.C42H25F2N3.C39H28N2/c1-2-13-31-28-32(25-24-30(31)12-1)48-42-21-10-6-17-37(42)46-44(48)22-11-23-45(46)49-41-20-9-5-16-36(41)38-29-33(26-27-43(38)49)47-39-18-7-3-14-34(39)35-15-4-8-19-40(35)47;43-26-22-27(44)24-29(23-26)46-38-17-8-4-13-33(38)42-40(46)18-9-19-41(42)47-37-16-7-3-12-32(37)34-25-28(20-21-39(34)47)45-35-14-5-1-10-30(35)31-11-2-6-15-36(31)45;1-39(2)31-16-7-3-12-26(31)30-24-25(22-23-32(30)39)40-35-19-10-6-15-29(35)38-36(40)20-11-21-37(38)41-33-17-8-4-13-27(33)28-14-5-9-18-34(28)41/h1-29H;1-25H;3-24H,1-2H3. The lowest BCUT2D eigenvalue weighted by molar-refractivity contribution is 0.582. The molecule has 1 aliphatic rings. The smallest absolute Gasteiger partial charge is 0.128 e. The highest BCUT2D eigenvalue weighted by molar-refractivity contribution is 6.22. The predicted octanol–water partition coefficient (Wildman–Crippen LogP) is 33.6. The summed E-state index contributed by atoms with van der Waals surface area (Å²) in [5.74, 6) is -1.22. The Hall–Kier alpha value is -17.9. The molecule has 10 heteroatoms. The van der Waals surface area contributed by atoms with Crippen LogP contribution in [0.5, 0.6) is 0 Å². The first-order valence-electron chi connectivity index (χ1n) is 46.9. The first-order chi connectivity index (χ1) is 67.6. The van der Waals surface area contributed by atoms with E-state index in [2.05, 4.69) is 458 Å². The summed E-state index contributed by atoms with van der Waals surface area (Å²) in [6.45, 7) is 4.69. The maximum Gasteiger partial charge on any atom is 0.128 e. The van der Waals surface area contributed by atoms with Crippen molar-refractivity contribution in [1.82, 2.24) is 36.5 Å². The zero-order valence-corrected chi connectivity index (χ0v) is 74.7. The van der Waals surface area contributed by atoms with Gasteiger partial charge in [-0.2, -0.15) is 0 Å². The van der Waals surface area contributed by atoms with E-state index in [1.54, 1.807) is 0 Å². The summed E-state index contributed by atoms with van der Waals surface area (Å²) in [7, 11) is 0. The normalized spacial score (nSPS) is 12.6. The molecule has 0 saturated carbocycles. The van der Waals surface area contributed by atoms with E-state index in [-0.39, 0.29) is 5.41 Å². The van der Waals surface area contributed by atoms with Gasteiger partial charge in [-0.3, -0.25) is 0 Å². The van der Waals surface area contributed by atoms with Crippen LogP contribution in [0.25, 0.3) is 242 Å². The van der Waals surface area contributed by atoms with Gasteiger partial charge in [-0.25, -0.2) is 8.78 Å². The van der Waals surface area contributed by atoms with Crippen molar-refractivity contribution in [3.8, 4) is 56.6 Å². The van der Waals surface area contributed by atoms with Gasteiger partial charge in [0.05, 0.1) is 111 Å². The van der Waals surface area contributed by atoms with Crippen LogP contribution >= 0.6 is 0 Å². The lowest BCUT2D eigenvalue weighted by Gasteiger charge is -2.21. The molecule has 8 aromatic heterocycles. The molecule has 644 valence electrons. The van der Waals surface area contributed by atoms with Crippen molar-refractivity contribution in [3.63, 3.8) is 0 Å². The highest BCUT2D eigenvalue weighted by Crippen LogP contribution is 2.52. The Bertz CT molecular complexity index is 9990. The first-order valence-corrected chi connectivity index (χ1v) is 46.9. The molecule has 1 aliphatic carbocycles. The third kappa shape index (κ3) is 11.6. The molecule has 0 amide bonds. The monoisotopic (exact) mass is 1760 g/mol. The third-order valence-electron chi connectivity index (χ3n) is 29.2. The van der Waals surface area contributed by atoms with Gasteiger partial charge in [0.2, 0.25) is 0 Å². The molecule has 21 aromatic carbocycles. The second kappa shape index (κ2) is 30.1. The Morgan fingerprint density at radius 2 is 0.416 bits per heavy atom. The van der Waals surface area contributed by atoms with Crippen LogP contribution in [0.2, 0.25) is 0 Å². The van der Waals surface area contributed by atoms with Crippen LogP contribution in [0.1, 0.15) is 25.0 Å². The van der Waals surface area contributed by atoms with Crippen LogP contribution < -0.4 is 0 Å². The van der Waals surface area contributed by atoms with Crippen LogP contribution in [0, 0.1) is 11.6 Å². The topological polar surface area (TPSA) is 39.4 Å². The average Bonchev–Trinajstić information content (AvgIpc) is 1.56. The second-order valence-electron chi connectivity index (χ2n) is 36.8. The predicted molar refractivity (Wildman–Crippen MR) is 569 cm³/mol. The Labute approximate surface area is 784 Å². The van der Waals surface area contributed by atoms with Gasteiger partial charge < -0.3 is 36.5 Å². The fraction of sp³-hybridized carbons (Fsp3) is 0.0236. The second-order valence-corrected chi connectivity index (χ2v) is 36.8. The van der Waals surface area contributed by atoms with Gasteiger partial charge in [-0.1, -0.05) is 293 Å². The summed E-state index contributed by atoms with van der Waals surface area (Å²) >= 11 is 0. The molecule has 8 heterocycles. The van der Waals surface area contributed by atoms with E-state index >= 15 is 0 Å². The van der Waals surface area contributed by atoms with Gasteiger partial charge in [0.1, 0.15) is 11.6 Å². The molecule has 0 saturated heterocycles. The lowest BCUT2D eigenvalue weighted by atomic mass is 9.82. The fourth-order valence-corrected chi connectivity index (χ4v) is 23.5. The molecule has 0 bridgehead atoms. The molecule has 0 fully saturated rings. The number of nitrogens with zero attached hydrogens (tertiary/aromatic N) is 8. The van der Waals surface area contributed by atoms with Crippen molar-refractivity contribution in [2.45, 2.75) is 19.3 Å². The number of halogens is 2. The highest BCUT2D eigenvalue weighted by Gasteiger charge is 2.36. The van der Waals surface area contributed by atoms with Crippen molar-refractivity contribution < 1.29 is 8.78 Å². The van der Waals surface area contributed by atoms with E-state index < -0.39 is 11.6 Å². The van der Waals surface area contributed by atoms with Gasteiger partial charge in [0.15, 0.2) is 0 Å². The molecule has 0 radical (unpaired) electrons. The molecule has 0 aliphatic heterocycles. The van der Waals surface area contributed by atoms with Crippen molar-refractivity contribution in [1.29, 1.82) is 0 Å². The zero-order chi connectivity index (χ0) is 90.6. The maximum atomic E-state index is 14.5. The van der Waals surface area contributed by atoms with E-state index in [9.17, 15) is 8.78 Å². The van der Waals surface area contributed by atoms with Crippen molar-refractivity contribution in [2.24, 2.45) is 0 Å². The average molecular weight is 1760 g/mol. The van der Waals surface area contributed by atoms with Gasteiger partial charge >= 0.3 is 0 Å². The van der Waals surface area contributed by atoms with Gasteiger partial charge in [-0.15, -0.1) is 0 Å². The number of hydrogen-bond donors (Lipinski definition) is 0. The fourth-order valence-electron chi connectivity index (χ4n) is 23.5. The van der Waals surface area contributed by atoms with E-state index in [1.807, 2.05) is 34.9 Å². The summed E-state index contributed by atoms with van der Waals surface area (Å²) in [6.07, 6.45) is 0. The number of aromatic nitrogens is 8. The lowest BCUT2D eigenvalue weighted by Crippen LogP contribution is -2.14. The minimum absolute atomic E-state index is 0.00497. The molecule has 30 rings (SSSR count). The first kappa shape index (κ1) is 77.9. The molecule has 29 aromatic rings. The SMILES string of the molecule is CC1(C)c2ccccc2-c2cc(-n3c4ccccc4c4c(-n5c6ccccc6c6ccccc65)cccc43)ccc21.Fc1cc(F)cc(-n2c3ccccc3c3c(-n4c5ccccc5c5cc(-n6c7ccccc7c7ccccc76)ccc54)cccc32)c1.c1ccc2cc(-n3c4ccccc4c4c(-n5c6ccccc6c6cc(-n7c8ccccc8c8ccccc87)ccc65)cccc43)ccc2c1. The zero-order valence-electron chi connectivity index (χ0n) is 74.7.